The maximum Gasteiger partial charge on any atom is 0.453 e. The minimum atomic E-state index is -4.60. The molecule has 0 amide bonds. The molecule has 1 saturated heterocycles. The van der Waals surface area contributed by atoms with Gasteiger partial charge in [0.1, 0.15) is 5.82 Å². The van der Waals surface area contributed by atoms with E-state index in [2.05, 4.69) is 25.4 Å². The van der Waals surface area contributed by atoms with Gasteiger partial charge in [-0.3, -0.25) is 0 Å². The van der Waals surface area contributed by atoms with Crippen molar-refractivity contribution in [2.45, 2.75) is 38.9 Å². The summed E-state index contributed by atoms with van der Waals surface area (Å²) in [5.41, 5.74) is 1.60. The first-order valence-corrected chi connectivity index (χ1v) is 9.43. The minimum Gasteiger partial charge on any atom is -0.359 e. The Labute approximate surface area is 157 Å². The highest BCUT2D eigenvalue weighted by atomic mass is 32.1. The highest BCUT2D eigenvalue weighted by Crippen LogP contribution is 2.29. The number of rotatable bonds is 3. The summed E-state index contributed by atoms with van der Waals surface area (Å²) < 4.78 is 40.1. The summed E-state index contributed by atoms with van der Waals surface area (Å²) in [5.74, 6) is -0.614. The average molecular weight is 397 g/mol. The first kappa shape index (κ1) is 18.0. The molecule has 1 fully saturated rings. The monoisotopic (exact) mass is 397 g/mol. The molecule has 1 N–H and O–H groups in total. The second-order valence-electron chi connectivity index (χ2n) is 6.60. The van der Waals surface area contributed by atoms with E-state index in [0.29, 0.717) is 24.6 Å². The number of aryl methyl sites for hydroxylation is 2. The third-order valence-corrected chi connectivity index (χ3v) is 5.33. The number of halogens is 3. The Morgan fingerprint density at radius 3 is 2.48 bits per heavy atom. The zero-order valence-electron chi connectivity index (χ0n) is 14.8. The van der Waals surface area contributed by atoms with Crippen molar-refractivity contribution in [2.75, 3.05) is 23.3 Å². The van der Waals surface area contributed by atoms with Gasteiger partial charge >= 0.3 is 6.18 Å². The fourth-order valence-electron chi connectivity index (χ4n) is 3.16. The third-order valence-electron chi connectivity index (χ3n) is 4.44. The van der Waals surface area contributed by atoms with Gasteiger partial charge in [-0.05, 0) is 26.7 Å². The quantitative estimate of drug-likeness (QED) is 0.731. The van der Waals surface area contributed by atoms with Gasteiger partial charge in [0, 0.05) is 36.3 Å². The van der Waals surface area contributed by atoms with Crippen molar-refractivity contribution in [2.24, 2.45) is 0 Å². The fraction of sp³-hybridized carbons (Fsp3) is 0.500. The van der Waals surface area contributed by atoms with E-state index in [4.69, 9.17) is 0 Å². The normalized spacial score (nSPS) is 16.3. The molecule has 0 aliphatic carbocycles. The molecular formula is C16H18F3N7S. The van der Waals surface area contributed by atoms with Crippen molar-refractivity contribution >= 4 is 28.1 Å². The number of hydrogen-bond acceptors (Lipinski definition) is 7. The molecule has 27 heavy (non-hydrogen) atoms. The number of piperidine rings is 1. The molecule has 0 bridgehead atoms. The van der Waals surface area contributed by atoms with Gasteiger partial charge in [-0.2, -0.15) is 22.7 Å². The molecule has 0 atom stereocenters. The molecule has 4 rings (SSSR count). The van der Waals surface area contributed by atoms with Crippen LogP contribution >= 0.6 is 11.3 Å². The van der Waals surface area contributed by atoms with Crippen LogP contribution in [0.3, 0.4) is 0 Å². The number of aromatic nitrogens is 5. The molecule has 0 radical (unpaired) electrons. The second-order valence-corrected chi connectivity index (χ2v) is 7.46. The number of nitrogens with one attached hydrogen (secondary N) is 1. The number of hydrogen-bond donors (Lipinski definition) is 1. The van der Waals surface area contributed by atoms with Gasteiger partial charge in [-0.25, -0.2) is 9.97 Å². The molecular weight excluding hydrogens is 379 g/mol. The second kappa shape index (κ2) is 6.63. The zero-order valence-corrected chi connectivity index (χ0v) is 15.6. The molecule has 3 aromatic heterocycles. The Balaban J connectivity index is 1.53. The van der Waals surface area contributed by atoms with E-state index < -0.39 is 12.0 Å². The van der Waals surface area contributed by atoms with E-state index in [1.807, 2.05) is 17.2 Å². The lowest BCUT2D eigenvalue weighted by Gasteiger charge is -2.33. The van der Waals surface area contributed by atoms with Crippen LogP contribution in [0, 0.1) is 13.8 Å². The van der Waals surface area contributed by atoms with Crippen LogP contribution in [0.5, 0.6) is 0 Å². The van der Waals surface area contributed by atoms with Crippen molar-refractivity contribution in [3.8, 4) is 0 Å². The summed E-state index contributed by atoms with van der Waals surface area (Å²) in [4.78, 5) is 14.1. The van der Waals surface area contributed by atoms with Gasteiger partial charge in [0.05, 0.1) is 5.69 Å². The summed E-state index contributed by atoms with van der Waals surface area (Å²) in [5, 5.41) is 9.97. The lowest BCUT2D eigenvalue weighted by molar-refractivity contribution is -0.144. The summed E-state index contributed by atoms with van der Waals surface area (Å²) in [7, 11) is 0. The van der Waals surface area contributed by atoms with Crippen LogP contribution in [-0.2, 0) is 6.18 Å². The zero-order chi connectivity index (χ0) is 19.2. The first-order valence-electron chi connectivity index (χ1n) is 8.55. The molecule has 4 heterocycles. The van der Waals surface area contributed by atoms with Crippen LogP contribution in [0.15, 0.2) is 11.4 Å². The third kappa shape index (κ3) is 3.68. The Morgan fingerprint density at radius 1 is 1.11 bits per heavy atom. The van der Waals surface area contributed by atoms with Crippen molar-refractivity contribution in [3.63, 3.8) is 0 Å². The largest absolute Gasteiger partial charge is 0.453 e. The van der Waals surface area contributed by atoms with Gasteiger partial charge in [0.2, 0.25) is 0 Å². The van der Waals surface area contributed by atoms with Gasteiger partial charge in [-0.15, -0.1) is 16.4 Å². The lowest BCUT2D eigenvalue weighted by atomic mass is 10.1. The van der Waals surface area contributed by atoms with Crippen molar-refractivity contribution in [3.05, 3.63) is 28.7 Å². The van der Waals surface area contributed by atoms with Crippen molar-refractivity contribution in [1.29, 1.82) is 0 Å². The molecule has 0 unspecified atom stereocenters. The number of thiazole rings is 1. The van der Waals surface area contributed by atoms with Crippen LogP contribution < -0.4 is 10.2 Å². The Bertz CT molecular complexity index is 957. The molecule has 0 saturated carbocycles. The lowest BCUT2D eigenvalue weighted by Crippen LogP contribution is -2.40. The molecule has 1 aliphatic rings. The van der Waals surface area contributed by atoms with E-state index in [1.54, 1.807) is 24.3 Å². The van der Waals surface area contributed by atoms with Crippen LogP contribution in [0.25, 0.3) is 5.78 Å². The molecule has 7 nitrogen and oxygen atoms in total. The van der Waals surface area contributed by atoms with Crippen molar-refractivity contribution < 1.29 is 13.2 Å². The molecule has 11 heteroatoms. The summed E-state index contributed by atoms with van der Waals surface area (Å²) >= 11 is 1.58. The molecule has 1 aliphatic heterocycles. The number of nitrogens with zero attached hydrogens (tertiary/aromatic N) is 6. The molecule has 3 aromatic rings. The molecule has 0 spiro atoms. The van der Waals surface area contributed by atoms with Crippen LogP contribution in [0.1, 0.15) is 30.1 Å². The van der Waals surface area contributed by atoms with E-state index in [1.165, 1.54) is 4.52 Å². The topological polar surface area (TPSA) is 71.2 Å². The SMILES string of the molecule is Cc1csc(NC2CCN(c3cc(C)nc4nc(C(F)(F)F)nn34)CC2)n1. The Morgan fingerprint density at radius 2 is 1.85 bits per heavy atom. The maximum atomic E-state index is 13.0. The summed E-state index contributed by atoms with van der Waals surface area (Å²) in [6.07, 6.45) is -2.90. The smallest absolute Gasteiger partial charge is 0.359 e. The minimum absolute atomic E-state index is 0.0316. The van der Waals surface area contributed by atoms with Gasteiger partial charge in [0.25, 0.3) is 11.6 Å². The first-order chi connectivity index (χ1) is 12.8. The Hall–Kier alpha value is -2.43. The van der Waals surface area contributed by atoms with Crippen molar-refractivity contribution in [1.82, 2.24) is 24.6 Å². The Kier molecular flexibility index (Phi) is 4.41. The number of fused-ring (bicyclic) bond motifs is 1. The summed E-state index contributed by atoms with van der Waals surface area (Å²) in [6, 6.07) is 2.03. The van der Waals surface area contributed by atoms with Gasteiger partial charge in [-0.1, -0.05) is 0 Å². The van der Waals surface area contributed by atoms with Gasteiger partial charge in [0.15, 0.2) is 5.13 Å². The van der Waals surface area contributed by atoms with E-state index in [0.717, 1.165) is 23.7 Å². The standard InChI is InChI=1S/C16H18F3N7S/c1-9-7-12(26-14(20-9)23-13(24-26)16(17,18)19)25-5-3-11(4-6-25)22-15-21-10(2)8-27-15/h7-8,11H,3-6H2,1-2H3,(H,21,22). The maximum absolute atomic E-state index is 13.0. The number of alkyl halides is 3. The number of anilines is 2. The van der Waals surface area contributed by atoms with Gasteiger partial charge < -0.3 is 10.2 Å². The predicted molar refractivity (Wildman–Crippen MR) is 96.2 cm³/mol. The molecule has 0 aromatic carbocycles. The summed E-state index contributed by atoms with van der Waals surface area (Å²) in [6.45, 7) is 5.09. The van der Waals surface area contributed by atoms with Crippen LogP contribution in [-0.4, -0.2) is 43.7 Å². The average Bonchev–Trinajstić information content (AvgIpc) is 3.20. The fourth-order valence-corrected chi connectivity index (χ4v) is 3.93. The van der Waals surface area contributed by atoms with Crippen LogP contribution in [0.2, 0.25) is 0 Å². The highest BCUT2D eigenvalue weighted by molar-refractivity contribution is 7.13. The van der Waals surface area contributed by atoms with E-state index in [-0.39, 0.29) is 11.8 Å². The van der Waals surface area contributed by atoms with E-state index >= 15 is 0 Å². The van der Waals surface area contributed by atoms with E-state index in [9.17, 15) is 13.2 Å². The van der Waals surface area contributed by atoms with Crippen LogP contribution in [0.4, 0.5) is 24.1 Å². The highest BCUT2D eigenvalue weighted by Gasteiger charge is 2.37. The molecule has 144 valence electrons. The predicted octanol–water partition coefficient (Wildman–Crippen LogP) is 3.30.